The standard InChI is InChI=1S/C18H21NO6/c20-16(19-5-3-18(23,4-6-19)17(21)22)13-10-12(13)11-1-2-14-15(9-11)25-8-7-24-14/h1-2,9,12-13,23H,3-8,10H2,(H,21,22)/t12-,13-/m0/s1. The SMILES string of the molecule is O=C([C@H]1C[C@H]1c1ccc2c(c1)OCCO2)N1CCC(O)(C(=O)O)CC1. The number of piperidine rings is 1. The smallest absolute Gasteiger partial charge is 0.335 e. The van der Waals surface area contributed by atoms with E-state index in [-0.39, 0.29) is 43.7 Å². The summed E-state index contributed by atoms with van der Waals surface area (Å²) in [5.74, 6) is 0.406. The fraction of sp³-hybridized carbons (Fsp3) is 0.556. The predicted octanol–water partition coefficient (Wildman–Crippen LogP) is 0.999. The number of carbonyl (C=O) groups is 2. The lowest BCUT2D eigenvalue weighted by atomic mass is 9.91. The van der Waals surface area contributed by atoms with Crippen LogP contribution < -0.4 is 9.47 Å². The Labute approximate surface area is 145 Å². The molecular formula is C18H21NO6. The molecule has 2 atom stereocenters. The minimum absolute atomic E-state index is 0.0485. The van der Waals surface area contributed by atoms with Gasteiger partial charge >= 0.3 is 5.97 Å². The zero-order chi connectivity index (χ0) is 17.6. The van der Waals surface area contributed by atoms with E-state index in [2.05, 4.69) is 0 Å². The zero-order valence-electron chi connectivity index (χ0n) is 13.8. The van der Waals surface area contributed by atoms with Gasteiger partial charge in [-0.1, -0.05) is 6.07 Å². The number of fused-ring (bicyclic) bond motifs is 1. The number of carbonyl (C=O) groups excluding carboxylic acids is 1. The maximum Gasteiger partial charge on any atom is 0.335 e. The number of aliphatic carboxylic acids is 1. The Kier molecular flexibility index (Phi) is 3.83. The average molecular weight is 347 g/mol. The normalized spacial score (nSPS) is 26.8. The summed E-state index contributed by atoms with van der Waals surface area (Å²) in [7, 11) is 0. The summed E-state index contributed by atoms with van der Waals surface area (Å²) in [6, 6.07) is 5.81. The van der Waals surface area contributed by atoms with Crippen LogP contribution in [0.15, 0.2) is 18.2 Å². The first-order chi connectivity index (χ1) is 12.0. The van der Waals surface area contributed by atoms with E-state index in [9.17, 15) is 14.7 Å². The molecular weight excluding hydrogens is 326 g/mol. The molecule has 7 heteroatoms. The number of hydrogen-bond acceptors (Lipinski definition) is 5. The highest BCUT2D eigenvalue weighted by Gasteiger charge is 2.48. The van der Waals surface area contributed by atoms with E-state index < -0.39 is 11.6 Å². The third-order valence-corrected chi connectivity index (χ3v) is 5.40. The second-order valence-electron chi connectivity index (χ2n) is 7.01. The molecule has 1 saturated carbocycles. The Morgan fingerprint density at radius 2 is 1.80 bits per heavy atom. The number of carboxylic acid groups (broad SMARTS) is 1. The van der Waals surface area contributed by atoms with Crippen molar-refractivity contribution in [2.75, 3.05) is 26.3 Å². The summed E-state index contributed by atoms with van der Waals surface area (Å²) in [4.78, 5) is 25.4. The Hall–Kier alpha value is -2.28. The summed E-state index contributed by atoms with van der Waals surface area (Å²) in [6.07, 6.45) is 0.948. The summed E-state index contributed by atoms with van der Waals surface area (Å²) >= 11 is 0. The Bertz CT molecular complexity index is 710. The number of hydrogen-bond donors (Lipinski definition) is 2. The van der Waals surface area contributed by atoms with Gasteiger partial charge in [-0.2, -0.15) is 0 Å². The van der Waals surface area contributed by atoms with Crippen LogP contribution in [-0.2, 0) is 9.59 Å². The van der Waals surface area contributed by atoms with Crippen molar-refractivity contribution in [2.24, 2.45) is 5.92 Å². The van der Waals surface area contributed by atoms with E-state index in [4.69, 9.17) is 14.6 Å². The van der Waals surface area contributed by atoms with Crippen LogP contribution in [0.4, 0.5) is 0 Å². The van der Waals surface area contributed by atoms with E-state index in [1.54, 1.807) is 4.90 Å². The molecule has 0 unspecified atom stereocenters. The van der Waals surface area contributed by atoms with Gasteiger partial charge in [-0.05, 0) is 30.0 Å². The van der Waals surface area contributed by atoms with Crippen molar-refractivity contribution in [3.05, 3.63) is 23.8 Å². The van der Waals surface area contributed by atoms with Gasteiger partial charge in [-0.25, -0.2) is 4.79 Å². The molecule has 2 N–H and O–H groups in total. The van der Waals surface area contributed by atoms with E-state index >= 15 is 0 Å². The summed E-state index contributed by atoms with van der Waals surface area (Å²) in [5.41, 5.74) is -0.628. The first-order valence-electron chi connectivity index (χ1n) is 8.62. The molecule has 4 rings (SSSR count). The molecule has 3 aliphatic rings. The average Bonchev–Trinajstić information content (AvgIpc) is 3.42. The monoisotopic (exact) mass is 347 g/mol. The van der Waals surface area contributed by atoms with E-state index in [0.717, 1.165) is 23.5 Å². The van der Waals surface area contributed by atoms with Crippen LogP contribution in [0.25, 0.3) is 0 Å². The number of nitrogens with zero attached hydrogens (tertiary/aromatic N) is 1. The van der Waals surface area contributed by atoms with Crippen LogP contribution >= 0.6 is 0 Å². The predicted molar refractivity (Wildman–Crippen MR) is 86.7 cm³/mol. The molecule has 0 spiro atoms. The number of benzene rings is 1. The first kappa shape index (κ1) is 16.2. The molecule has 1 amide bonds. The van der Waals surface area contributed by atoms with Crippen LogP contribution in [0.3, 0.4) is 0 Å². The van der Waals surface area contributed by atoms with Crippen molar-refractivity contribution in [3.63, 3.8) is 0 Å². The molecule has 1 aromatic rings. The van der Waals surface area contributed by atoms with Crippen LogP contribution in [0.2, 0.25) is 0 Å². The zero-order valence-corrected chi connectivity index (χ0v) is 13.8. The molecule has 134 valence electrons. The molecule has 1 aromatic carbocycles. The quantitative estimate of drug-likeness (QED) is 0.847. The number of ether oxygens (including phenoxy) is 2. The molecule has 2 fully saturated rings. The highest BCUT2D eigenvalue weighted by Crippen LogP contribution is 2.50. The Morgan fingerprint density at radius 1 is 1.12 bits per heavy atom. The fourth-order valence-corrected chi connectivity index (χ4v) is 3.67. The van der Waals surface area contributed by atoms with Gasteiger partial charge in [0.1, 0.15) is 13.2 Å². The molecule has 0 bridgehead atoms. The third-order valence-electron chi connectivity index (χ3n) is 5.40. The minimum atomic E-state index is -1.70. The summed E-state index contributed by atoms with van der Waals surface area (Å²) < 4.78 is 11.1. The molecule has 0 aromatic heterocycles. The van der Waals surface area contributed by atoms with E-state index in [1.165, 1.54) is 0 Å². The fourth-order valence-electron chi connectivity index (χ4n) is 3.67. The molecule has 1 saturated heterocycles. The lowest BCUT2D eigenvalue weighted by molar-refractivity contribution is -0.165. The summed E-state index contributed by atoms with van der Waals surface area (Å²) in [6.45, 7) is 1.65. The van der Waals surface area contributed by atoms with Crippen molar-refractivity contribution in [2.45, 2.75) is 30.8 Å². The minimum Gasteiger partial charge on any atom is -0.486 e. The maximum atomic E-state index is 12.7. The van der Waals surface area contributed by atoms with Gasteiger partial charge < -0.3 is 24.6 Å². The van der Waals surface area contributed by atoms with Gasteiger partial charge in [0.05, 0.1) is 0 Å². The van der Waals surface area contributed by atoms with Crippen molar-refractivity contribution < 1.29 is 29.3 Å². The van der Waals surface area contributed by atoms with Gasteiger partial charge in [0.2, 0.25) is 5.91 Å². The molecule has 25 heavy (non-hydrogen) atoms. The molecule has 0 radical (unpaired) electrons. The lowest BCUT2D eigenvalue weighted by Gasteiger charge is -2.35. The van der Waals surface area contributed by atoms with Gasteiger partial charge in [0, 0.05) is 31.8 Å². The topological polar surface area (TPSA) is 96.3 Å². The molecule has 2 heterocycles. The van der Waals surface area contributed by atoms with Crippen molar-refractivity contribution in [1.82, 2.24) is 4.90 Å². The van der Waals surface area contributed by atoms with Gasteiger partial charge in [-0.15, -0.1) is 0 Å². The van der Waals surface area contributed by atoms with Crippen LogP contribution in [0.5, 0.6) is 11.5 Å². The van der Waals surface area contributed by atoms with Gasteiger partial charge in [0.25, 0.3) is 0 Å². The van der Waals surface area contributed by atoms with Gasteiger partial charge in [0.15, 0.2) is 17.1 Å². The molecule has 1 aliphatic carbocycles. The highest BCUT2D eigenvalue weighted by atomic mass is 16.6. The van der Waals surface area contributed by atoms with Crippen LogP contribution in [0.1, 0.15) is 30.7 Å². The summed E-state index contributed by atoms with van der Waals surface area (Å²) in [5, 5.41) is 19.0. The third kappa shape index (κ3) is 2.93. The van der Waals surface area contributed by atoms with E-state index in [1.807, 2.05) is 18.2 Å². The highest BCUT2D eigenvalue weighted by molar-refractivity contribution is 5.84. The van der Waals surface area contributed by atoms with Crippen LogP contribution in [0, 0.1) is 5.92 Å². The number of rotatable bonds is 3. The lowest BCUT2D eigenvalue weighted by Crippen LogP contribution is -2.51. The van der Waals surface area contributed by atoms with Gasteiger partial charge in [-0.3, -0.25) is 4.79 Å². The molecule has 7 nitrogen and oxygen atoms in total. The van der Waals surface area contributed by atoms with Crippen molar-refractivity contribution >= 4 is 11.9 Å². The largest absolute Gasteiger partial charge is 0.486 e. The van der Waals surface area contributed by atoms with Crippen molar-refractivity contribution in [3.8, 4) is 11.5 Å². The maximum absolute atomic E-state index is 12.7. The second kappa shape index (κ2) is 5.91. The number of aliphatic hydroxyl groups is 1. The number of carboxylic acids is 1. The second-order valence-corrected chi connectivity index (χ2v) is 7.01. The number of likely N-dealkylation sites (tertiary alicyclic amines) is 1. The van der Waals surface area contributed by atoms with E-state index in [0.29, 0.717) is 13.2 Å². The number of amides is 1. The Balaban J connectivity index is 1.39. The Morgan fingerprint density at radius 3 is 2.48 bits per heavy atom. The first-order valence-corrected chi connectivity index (χ1v) is 8.62. The van der Waals surface area contributed by atoms with Crippen molar-refractivity contribution in [1.29, 1.82) is 0 Å². The van der Waals surface area contributed by atoms with Crippen LogP contribution in [-0.4, -0.2) is 58.9 Å². The molecule has 2 aliphatic heterocycles.